The first kappa shape index (κ1) is 11.1. The first-order valence-corrected chi connectivity index (χ1v) is 4.26. The third-order valence-corrected chi connectivity index (χ3v) is 1.83. The second-order valence-corrected chi connectivity index (χ2v) is 3.03. The maximum Gasteiger partial charge on any atom is 0.186 e. The highest BCUT2D eigenvalue weighted by atomic mass is 16.3. The van der Waals surface area contributed by atoms with Gasteiger partial charge in [0.25, 0.3) is 0 Å². The zero-order valence-electron chi connectivity index (χ0n) is 7.96. The minimum absolute atomic E-state index is 0.00650. The zero-order valence-corrected chi connectivity index (χ0v) is 7.96. The van der Waals surface area contributed by atoms with Gasteiger partial charge in [-0.25, -0.2) is 0 Å². The molecule has 82 valence electrons. The van der Waals surface area contributed by atoms with Crippen LogP contribution in [0.2, 0.25) is 0 Å². The Morgan fingerprint density at radius 3 is 2.47 bits per heavy atom. The quantitative estimate of drug-likeness (QED) is 0.259. The van der Waals surface area contributed by atoms with Crippen LogP contribution < -0.4 is 11.5 Å². The van der Waals surface area contributed by atoms with Gasteiger partial charge in [-0.3, -0.25) is 4.99 Å². The van der Waals surface area contributed by atoms with Crippen molar-refractivity contribution in [3.63, 3.8) is 0 Å². The van der Waals surface area contributed by atoms with E-state index in [0.29, 0.717) is 5.56 Å². The minimum Gasteiger partial charge on any atom is -0.504 e. The molecule has 0 spiro atoms. The number of aliphatic hydroxyl groups excluding tert-OH is 1. The van der Waals surface area contributed by atoms with E-state index in [9.17, 15) is 10.2 Å². The summed E-state index contributed by atoms with van der Waals surface area (Å²) in [6.45, 7) is 0.00650. The summed E-state index contributed by atoms with van der Waals surface area (Å²) >= 11 is 0. The Kier molecular flexibility index (Phi) is 3.35. The number of phenols is 2. The summed E-state index contributed by atoms with van der Waals surface area (Å²) in [6, 6.07) is 4.01. The van der Waals surface area contributed by atoms with Crippen LogP contribution in [0.15, 0.2) is 23.2 Å². The number of aliphatic imine (C=N–C) groups is 1. The lowest BCUT2D eigenvalue weighted by molar-refractivity contribution is 0.186. The predicted molar refractivity (Wildman–Crippen MR) is 55.4 cm³/mol. The Hall–Kier alpha value is -1.95. The summed E-state index contributed by atoms with van der Waals surface area (Å²) in [6.07, 6.45) is -0.918. The summed E-state index contributed by atoms with van der Waals surface area (Å²) in [5.41, 5.74) is 10.6. The molecule has 0 radical (unpaired) electrons. The molecule has 1 unspecified atom stereocenters. The Morgan fingerprint density at radius 2 is 1.93 bits per heavy atom. The molecule has 0 saturated heterocycles. The minimum atomic E-state index is -0.918. The van der Waals surface area contributed by atoms with Crippen LogP contribution in [0.5, 0.6) is 11.5 Å². The fraction of sp³-hybridized carbons (Fsp3) is 0.222. The third-order valence-electron chi connectivity index (χ3n) is 1.83. The average Bonchev–Trinajstić information content (AvgIpc) is 2.18. The van der Waals surface area contributed by atoms with Crippen molar-refractivity contribution < 1.29 is 15.3 Å². The van der Waals surface area contributed by atoms with E-state index in [2.05, 4.69) is 4.99 Å². The van der Waals surface area contributed by atoms with Crippen molar-refractivity contribution in [2.45, 2.75) is 6.10 Å². The zero-order chi connectivity index (χ0) is 11.4. The van der Waals surface area contributed by atoms with Gasteiger partial charge in [0.15, 0.2) is 17.5 Å². The van der Waals surface area contributed by atoms with Gasteiger partial charge in [0.05, 0.1) is 12.6 Å². The maximum absolute atomic E-state index is 9.57. The molecule has 0 heterocycles. The first-order chi connectivity index (χ1) is 7.00. The number of aromatic hydroxyl groups is 2. The van der Waals surface area contributed by atoms with Gasteiger partial charge < -0.3 is 26.8 Å². The lowest BCUT2D eigenvalue weighted by atomic mass is 10.1. The Balaban J connectivity index is 2.78. The molecule has 0 saturated carbocycles. The molecule has 1 atom stereocenters. The molecule has 0 fully saturated rings. The van der Waals surface area contributed by atoms with Crippen molar-refractivity contribution in [2.75, 3.05) is 6.54 Å². The van der Waals surface area contributed by atoms with Gasteiger partial charge in [-0.2, -0.15) is 0 Å². The van der Waals surface area contributed by atoms with Crippen LogP contribution in [0.4, 0.5) is 0 Å². The number of phenolic OH excluding ortho intramolecular Hbond substituents is 2. The van der Waals surface area contributed by atoms with E-state index in [1.165, 1.54) is 18.2 Å². The molecule has 15 heavy (non-hydrogen) atoms. The molecule has 7 N–H and O–H groups in total. The number of nitrogens with two attached hydrogens (primary N) is 2. The van der Waals surface area contributed by atoms with Crippen LogP contribution in [-0.4, -0.2) is 27.8 Å². The summed E-state index contributed by atoms with van der Waals surface area (Å²) in [4.78, 5) is 3.63. The van der Waals surface area contributed by atoms with E-state index < -0.39 is 6.10 Å². The fourth-order valence-corrected chi connectivity index (χ4v) is 1.05. The molecular formula is C9H13N3O3. The monoisotopic (exact) mass is 211 g/mol. The summed E-state index contributed by atoms with van der Waals surface area (Å²) in [7, 11) is 0. The molecule has 1 aromatic rings. The summed E-state index contributed by atoms with van der Waals surface area (Å²) in [5, 5.41) is 27.8. The number of hydrogen-bond acceptors (Lipinski definition) is 4. The van der Waals surface area contributed by atoms with Gasteiger partial charge in [-0.05, 0) is 17.7 Å². The largest absolute Gasteiger partial charge is 0.504 e. The van der Waals surface area contributed by atoms with Crippen LogP contribution in [-0.2, 0) is 0 Å². The lowest BCUT2D eigenvalue weighted by Crippen LogP contribution is -2.23. The van der Waals surface area contributed by atoms with Crippen molar-refractivity contribution >= 4 is 5.96 Å². The number of rotatable bonds is 3. The fourth-order valence-electron chi connectivity index (χ4n) is 1.05. The second kappa shape index (κ2) is 4.52. The van der Waals surface area contributed by atoms with E-state index in [1.807, 2.05) is 0 Å². The standard InChI is InChI=1S/C9H13N3O3/c10-9(11)12-4-8(15)5-1-2-6(13)7(14)3-5/h1-3,8,13-15H,4H2,(H4,10,11,12). The van der Waals surface area contributed by atoms with Gasteiger partial charge in [-0.15, -0.1) is 0 Å². The molecule has 1 aromatic carbocycles. The SMILES string of the molecule is NC(N)=NCC(O)c1ccc(O)c(O)c1. The average molecular weight is 211 g/mol. The molecule has 0 aliphatic carbocycles. The van der Waals surface area contributed by atoms with Crippen molar-refractivity contribution in [1.29, 1.82) is 0 Å². The van der Waals surface area contributed by atoms with Crippen molar-refractivity contribution in [3.05, 3.63) is 23.8 Å². The highest BCUT2D eigenvalue weighted by Crippen LogP contribution is 2.27. The molecule has 0 aliphatic rings. The van der Waals surface area contributed by atoms with Crippen LogP contribution >= 0.6 is 0 Å². The van der Waals surface area contributed by atoms with Crippen LogP contribution in [0.1, 0.15) is 11.7 Å². The van der Waals surface area contributed by atoms with Crippen molar-refractivity contribution in [3.8, 4) is 11.5 Å². The Bertz CT molecular complexity index is 375. The summed E-state index contributed by atoms with van der Waals surface area (Å²) < 4.78 is 0. The first-order valence-electron chi connectivity index (χ1n) is 4.26. The van der Waals surface area contributed by atoms with Gasteiger partial charge >= 0.3 is 0 Å². The van der Waals surface area contributed by atoms with Crippen LogP contribution in [0.25, 0.3) is 0 Å². The molecular weight excluding hydrogens is 198 g/mol. The van der Waals surface area contributed by atoms with Gasteiger partial charge in [0, 0.05) is 0 Å². The van der Waals surface area contributed by atoms with E-state index in [-0.39, 0.29) is 24.0 Å². The van der Waals surface area contributed by atoms with Gasteiger partial charge in [-0.1, -0.05) is 6.07 Å². The second-order valence-electron chi connectivity index (χ2n) is 3.03. The van der Waals surface area contributed by atoms with E-state index in [1.54, 1.807) is 0 Å². The molecule has 0 bridgehead atoms. The molecule has 6 heteroatoms. The molecule has 0 aliphatic heterocycles. The Morgan fingerprint density at radius 1 is 1.27 bits per heavy atom. The molecule has 6 nitrogen and oxygen atoms in total. The number of benzene rings is 1. The van der Waals surface area contributed by atoms with Crippen molar-refractivity contribution in [2.24, 2.45) is 16.5 Å². The highest BCUT2D eigenvalue weighted by molar-refractivity contribution is 5.75. The van der Waals surface area contributed by atoms with E-state index >= 15 is 0 Å². The highest BCUT2D eigenvalue weighted by Gasteiger charge is 2.09. The van der Waals surface area contributed by atoms with Crippen LogP contribution in [0.3, 0.4) is 0 Å². The summed E-state index contributed by atoms with van der Waals surface area (Å²) in [5.74, 6) is -0.652. The van der Waals surface area contributed by atoms with Gasteiger partial charge in [0.1, 0.15) is 0 Å². The molecule has 1 rings (SSSR count). The van der Waals surface area contributed by atoms with E-state index in [0.717, 1.165) is 0 Å². The molecule has 0 amide bonds. The van der Waals surface area contributed by atoms with Gasteiger partial charge in [0.2, 0.25) is 0 Å². The van der Waals surface area contributed by atoms with Crippen LogP contribution in [0, 0.1) is 0 Å². The number of guanidine groups is 1. The number of aliphatic hydroxyl groups is 1. The predicted octanol–water partition coefficient (Wildman–Crippen LogP) is -0.595. The number of hydrogen-bond donors (Lipinski definition) is 5. The van der Waals surface area contributed by atoms with E-state index in [4.69, 9.17) is 16.6 Å². The smallest absolute Gasteiger partial charge is 0.186 e. The van der Waals surface area contributed by atoms with Crippen molar-refractivity contribution in [1.82, 2.24) is 0 Å². The maximum atomic E-state index is 9.57. The molecule has 0 aromatic heterocycles. The number of nitrogens with zero attached hydrogens (tertiary/aromatic N) is 1. The Labute approximate surface area is 86.5 Å². The normalized spacial score (nSPS) is 12.1. The topological polar surface area (TPSA) is 125 Å². The third kappa shape index (κ3) is 3.03. The lowest BCUT2D eigenvalue weighted by Gasteiger charge is -2.09.